The van der Waals surface area contributed by atoms with E-state index in [2.05, 4.69) is 39.2 Å². The maximum atomic E-state index is 5.78. The SMILES string of the molecule is CSc1nc(N)cc(Nc2ccc(C)c(N(C)C)c2)n1. The summed E-state index contributed by atoms with van der Waals surface area (Å²) in [6.45, 7) is 2.09. The first kappa shape index (κ1) is 14.5. The molecule has 0 fully saturated rings. The molecule has 0 spiro atoms. The number of nitrogens with two attached hydrogens (primary N) is 1. The summed E-state index contributed by atoms with van der Waals surface area (Å²) >= 11 is 1.47. The van der Waals surface area contributed by atoms with E-state index in [1.54, 1.807) is 6.07 Å². The van der Waals surface area contributed by atoms with Crippen molar-refractivity contribution in [2.24, 2.45) is 0 Å². The summed E-state index contributed by atoms with van der Waals surface area (Å²) in [6, 6.07) is 7.93. The fourth-order valence-corrected chi connectivity index (χ4v) is 2.30. The van der Waals surface area contributed by atoms with Crippen molar-refractivity contribution in [3.63, 3.8) is 0 Å². The third-order valence-corrected chi connectivity index (χ3v) is 3.42. The van der Waals surface area contributed by atoms with E-state index in [4.69, 9.17) is 5.73 Å². The van der Waals surface area contributed by atoms with Gasteiger partial charge in [0.1, 0.15) is 11.6 Å². The normalized spacial score (nSPS) is 10.4. The Kier molecular flexibility index (Phi) is 4.34. The van der Waals surface area contributed by atoms with Crippen molar-refractivity contribution in [2.75, 3.05) is 36.3 Å². The van der Waals surface area contributed by atoms with E-state index in [1.807, 2.05) is 26.4 Å². The molecule has 0 aliphatic rings. The minimum absolute atomic E-state index is 0.465. The highest BCUT2D eigenvalue weighted by Gasteiger charge is 2.05. The summed E-state index contributed by atoms with van der Waals surface area (Å²) < 4.78 is 0. The van der Waals surface area contributed by atoms with E-state index < -0.39 is 0 Å². The molecule has 6 heteroatoms. The van der Waals surface area contributed by atoms with Crippen LogP contribution in [0.3, 0.4) is 0 Å². The molecule has 0 aliphatic carbocycles. The van der Waals surface area contributed by atoms with Gasteiger partial charge in [-0.05, 0) is 30.9 Å². The highest BCUT2D eigenvalue weighted by molar-refractivity contribution is 7.98. The zero-order valence-electron chi connectivity index (χ0n) is 12.1. The first-order chi connectivity index (χ1) is 9.49. The van der Waals surface area contributed by atoms with Crippen LogP contribution in [0.1, 0.15) is 5.56 Å². The van der Waals surface area contributed by atoms with Crippen LogP contribution in [0.25, 0.3) is 0 Å². The van der Waals surface area contributed by atoms with E-state index in [1.165, 1.54) is 23.0 Å². The molecule has 1 aromatic heterocycles. The predicted octanol–water partition coefficient (Wildman–Crippen LogP) is 2.90. The third kappa shape index (κ3) is 3.33. The molecule has 0 saturated carbocycles. The number of nitrogens with zero attached hydrogens (tertiary/aromatic N) is 3. The summed E-state index contributed by atoms with van der Waals surface area (Å²) in [5.74, 6) is 1.17. The van der Waals surface area contributed by atoms with Crippen LogP contribution in [-0.4, -0.2) is 30.3 Å². The maximum absolute atomic E-state index is 5.78. The van der Waals surface area contributed by atoms with Crippen molar-refractivity contribution in [3.8, 4) is 0 Å². The topological polar surface area (TPSA) is 67.1 Å². The number of anilines is 4. The number of nitrogens with one attached hydrogen (secondary N) is 1. The molecule has 0 atom stereocenters. The van der Waals surface area contributed by atoms with E-state index in [0.717, 1.165) is 5.69 Å². The van der Waals surface area contributed by atoms with Gasteiger partial charge >= 0.3 is 0 Å². The average Bonchev–Trinajstić information content (AvgIpc) is 2.40. The smallest absolute Gasteiger partial charge is 0.191 e. The Morgan fingerprint density at radius 1 is 1.20 bits per heavy atom. The summed E-state index contributed by atoms with van der Waals surface area (Å²) in [6.07, 6.45) is 1.93. The van der Waals surface area contributed by atoms with E-state index in [-0.39, 0.29) is 0 Å². The van der Waals surface area contributed by atoms with Crippen molar-refractivity contribution in [1.82, 2.24) is 9.97 Å². The molecule has 3 N–H and O–H groups in total. The fourth-order valence-electron chi connectivity index (χ4n) is 1.92. The Hall–Kier alpha value is -1.95. The second kappa shape index (κ2) is 6.00. The van der Waals surface area contributed by atoms with E-state index in [9.17, 15) is 0 Å². The molecule has 0 amide bonds. The van der Waals surface area contributed by atoms with Gasteiger partial charge in [-0.25, -0.2) is 9.97 Å². The number of rotatable bonds is 4. The Bertz CT molecular complexity index is 613. The Morgan fingerprint density at radius 3 is 2.60 bits per heavy atom. The zero-order chi connectivity index (χ0) is 14.7. The Morgan fingerprint density at radius 2 is 1.95 bits per heavy atom. The molecule has 1 heterocycles. The van der Waals surface area contributed by atoms with Crippen LogP contribution in [0.4, 0.5) is 23.0 Å². The number of aromatic nitrogens is 2. The monoisotopic (exact) mass is 289 g/mol. The maximum Gasteiger partial charge on any atom is 0.191 e. The number of thioether (sulfide) groups is 1. The largest absolute Gasteiger partial charge is 0.383 e. The van der Waals surface area contributed by atoms with Gasteiger partial charge in [0.25, 0.3) is 0 Å². The van der Waals surface area contributed by atoms with E-state index in [0.29, 0.717) is 16.8 Å². The molecule has 0 saturated heterocycles. The van der Waals surface area contributed by atoms with Crippen LogP contribution >= 0.6 is 11.8 Å². The van der Waals surface area contributed by atoms with Crippen LogP contribution < -0.4 is 16.0 Å². The number of aryl methyl sites for hydroxylation is 1. The van der Waals surface area contributed by atoms with Crippen molar-refractivity contribution in [1.29, 1.82) is 0 Å². The fraction of sp³-hybridized carbons (Fsp3) is 0.286. The van der Waals surface area contributed by atoms with Crippen molar-refractivity contribution < 1.29 is 0 Å². The Balaban J connectivity index is 2.30. The quantitative estimate of drug-likeness (QED) is 0.666. The van der Waals surface area contributed by atoms with Gasteiger partial charge in [0.2, 0.25) is 0 Å². The van der Waals surface area contributed by atoms with Gasteiger partial charge in [0, 0.05) is 31.5 Å². The van der Waals surface area contributed by atoms with Gasteiger partial charge in [-0.2, -0.15) is 0 Å². The first-order valence-corrected chi connectivity index (χ1v) is 7.45. The number of benzene rings is 1. The minimum Gasteiger partial charge on any atom is -0.383 e. The van der Waals surface area contributed by atoms with Crippen molar-refractivity contribution in [3.05, 3.63) is 29.8 Å². The van der Waals surface area contributed by atoms with Crippen LogP contribution in [0.2, 0.25) is 0 Å². The van der Waals surface area contributed by atoms with Crippen molar-refractivity contribution in [2.45, 2.75) is 12.1 Å². The lowest BCUT2D eigenvalue weighted by atomic mass is 10.1. The van der Waals surface area contributed by atoms with Gasteiger partial charge < -0.3 is 16.0 Å². The second-order valence-electron chi connectivity index (χ2n) is 4.69. The zero-order valence-corrected chi connectivity index (χ0v) is 13.0. The van der Waals surface area contributed by atoms with Gasteiger partial charge in [-0.15, -0.1) is 0 Å². The first-order valence-electron chi connectivity index (χ1n) is 6.23. The third-order valence-electron chi connectivity index (χ3n) is 2.87. The standard InChI is InChI=1S/C14H19N5S/c1-9-5-6-10(7-11(9)19(2)3)16-13-8-12(15)17-14(18-13)20-4/h5-8H,1-4H3,(H3,15,16,17,18). The molecular formula is C14H19N5S. The van der Waals surface area contributed by atoms with Gasteiger partial charge in [0.15, 0.2) is 5.16 Å². The molecule has 0 unspecified atom stereocenters. The predicted molar refractivity (Wildman–Crippen MR) is 87.0 cm³/mol. The second-order valence-corrected chi connectivity index (χ2v) is 5.46. The molecule has 2 rings (SSSR count). The minimum atomic E-state index is 0.465. The lowest BCUT2D eigenvalue weighted by Gasteiger charge is -2.17. The number of hydrogen-bond donors (Lipinski definition) is 2. The highest BCUT2D eigenvalue weighted by atomic mass is 32.2. The number of hydrogen-bond acceptors (Lipinski definition) is 6. The van der Waals surface area contributed by atoms with Gasteiger partial charge in [-0.1, -0.05) is 17.8 Å². The van der Waals surface area contributed by atoms with Crippen LogP contribution in [0, 0.1) is 6.92 Å². The van der Waals surface area contributed by atoms with E-state index >= 15 is 0 Å². The van der Waals surface area contributed by atoms with Crippen LogP contribution in [-0.2, 0) is 0 Å². The summed E-state index contributed by atoms with van der Waals surface area (Å²) in [5.41, 5.74) is 9.15. The van der Waals surface area contributed by atoms with Gasteiger partial charge in [-0.3, -0.25) is 0 Å². The van der Waals surface area contributed by atoms with Crippen molar-refractivity contribution >= 4 is 34.8 Å². The molecule has 0 aliphatic heterocycles. The molecule has 0 bridgehead atoms. The molecule has 0 radical (unpaired) electrons. The number of nitrogen functional groups attached to an aromatic ring is 1. The lowest BCUT2D eigenvalue weighted by Crippen LogP contribution is -2.10. The Labute approximate surface area is 123 Å². The van der Waals surface area contributed by atoms with Crippen LogP contribution in [0.5, 0.6) is 0 Å². The molecule has 5 nitrogen and oxygen atoms in total. The molecule has 2 aromatic rings. The highest BCUT2D eigenvalue weighted by Crippen LogP contribution is 2.25. The molecular weight excluding hydrogens is 270 g/mol. The molecule has 20 heavy (non-hydrogen) atoms. The summed E-state index contributed by atoms with van der Waals surface area (Å²) in [4.78, 5) is 10.6. The summed E-state index contributed by atoms with van der Waals surface area (Å²) in [5, 5.41) is 3.93. The van der Waals surface area contributed by atoms with Crippen LogP contribution in [0.15, 0.2) is 29.4 Å². The molecule has 106 valence electrons. The molecule has 1 aromatic carbocycles. The van der Waals surface area contributed by atoms with Gasteiger partial charge in [0.05, 0.1) is 0 Å². The summed E-state index contributed by atoms with van der Waals surface area (Å²) in [7, 11) is 4.06. The average molecular weight is 289 g/mol. The lowest BCUT2D eigenvalue weighted by molar-refractivity contribution is 0.984.